The molecule has 0 aromatic heterocycles. The summed E-state index contributed by atoms with van der Waals surface area (Å²) in [5.41, 5.74) is 6.91. The van der Waals surface area contributed by atoms with Gasteiger partial charge in [0.2, 0.25) is 10.0 Å². The summed E-state index contributed by atoms with van der Waals surface area (Å²) in [4.78, 5) is 12.9. The quantitative estimate of drug-likeness (QED) is 0.723. The number of nitrogens with two attached hydrogens (primary N) is 1. The normalized spacial score (nSPS) is 17.0. The topological polar surface area (TPSA) is 92.5 Å². The van der Waals surface area contributed by atoms with Crippen LogP contribution in [-0.4, -0.2) is 44.3 Å². The molecule has 2 rings (SSSR count). The zero-order valence-electron chi connectivity index (χ0n) is 15.8. The zero-order valence-corrected chi connectivity index (χ0v) is 16.6. The number of sulfonamides is 1. The summed E-state index contributed by atoms with van der Waals surface area (Å²) in [5, 5.41) is 2.94. The van der Waals surface area contributed by atoms with Gasteiger partial charge in [0.15, 0.2) is 0 Å². The van der Waals surface area contributed by atoms with Crippen LogP contribution in [0.5, 0.6) is 0 Å². The van der Waals surface area contributed by atoms with Gasteiger partial charge in [0, 0.05) is 31.2 Å². The number of unbranched alkanes of at least 4 members (excludes halogenated alkanes) is 1. The molecule has 1 aromatic carbocycles. The molecule has 1 aromatic rings. The van der Waals surface area contributed by atoms with Crippen molar-refractivity contribution in [3.05, 3.63) is 29.3 Å². The number of carbonyl (C=O) groups is 1. The third kappa shape index (κ3) is 5.05. The van der Waals surface area contributed by atoms with Gasteiger partial charge in [-0.3, -0.25) is 4.79 Å². The van der Waals surface area contributed by atoms with E-state index in [1.807, 2.05) is 6.92 Å². The van der Waals surface area contributed by atoms with Crippen molar-refractivity contribution in [2.45, 2.75) is 63.3 Å². The molecule has 3 N–H and O–H groups in total. The summed E-state index contributed by atoms with van der Waals surface area (Å²) < 4.78 is 27.3. The Morgan fingerprint density at radius 1 is 1.27 bits per heavy atom. The molecule has 0 radical (unpaired) electrons. The number of nitrogens with zero attached hydrogens (tertiary/aromatic N) is 1. The molecule has 146 valence electrons. The average Bonchev–Trinajstić information content (AvgIpc) is 2.65. The van der Waals surface area contributed by atoms with Gasteiger partial charge in [0.25, 0.3) is 5.91 Å². The fourth-order valence-electron chi connectivity index (χ4n) is 3.22. The average molecular weight is 382 g/mol. The fraction of sp³-hybridized carbons (Fsp3) is 0.632. The molecule has 1 unspecified atom stereocenters. The van der Waals surface area contributed by atoms with Crippen LogP contribution in [0.15, 0.2) is 23.1 Å². The molecule has 1 amide bonds. The van der Waals surface area contributed by atoms with Crippen molar-refractivity contribution in [1.29, 1.82) is 0 Å². The maximum atomic E-state index is 12.9. The van der Waals surface area contributed by atoms with Crippen LogP contribution in [0.2, 0.25) is 0 Å². The summed E-state index contributed by atoms with van der Waals surface area (Å²) in [6.07, 6.45) is 5.68. The number of aryl methyl sites for hydroxylation is 1. The van der Waals surface area contributed by atoms with Gasteiger partial charge in [0.1, 0.15) is 0 Å². The number of benzene rings is 1. The highest BCUT2D eigenvalue weighted by atomic mass is 32.2. The first-order valence-corrected chi connectivity index (χ1v) is 11.0. The Hall–Kier alpha value is -1.44. The first kappa shape index (κ1) is 20.9. The van der Waals surface area contributed by atoms with Crippen LogP contribution in [0.4, 0.5) is 0 Å². The van der Waals surface area contributed by atoms with Gasteiger partial charge in [-0.15, -0.1) is 0 Å². The Morgan fingerprint density at radius 2 is 1.96 bits per heavy atom. The molecule has 1 aliphatic rings. The van der Waals surface area contributed by atoms with Crippen LogP contribution < -0.4 is 11.1 Å². The van der Waals surface area contributed by atoms with Crippen LogP contribution in [0.25, 0.3) is 0 Å². The molecule has 0 saturated carbocycles. The van der Waals surface area contributed by atoms with Crippen LogP contribution in [0, 0.1) is 6.92 Å². The van der Waals surface area contributed by atoms with Crippen LogP contribution in [0.3, 0.4) is 0 Å². The van der Waals surface area contributed by atoms with Crippen molar-refractivity contribution in [2.75, 3.05) is 19.6 Å². The molecule has 26 heavy (non-hydrogen) atoms. The van der Waals surface area contributed by atoms with E-state index in [9.17, 15) is 13.2 Å². The van der Waals surface area contributed by atoms with E-state index in [1.54, 1.807) is 12.1 Å². The Kier molecular flexibility index (Phi) is 7.61. The largest absolute Gasteiger partial charge is 0.348 e. The van der Waals surface area contributed by atoms with Crippen molar-refractivity contribution in [3.8, 4) is 0 Å². The highest BCUT2D eigenvalue weighted by Gasteiger charge is 2.27. The second-order valence-electron chi connectivity index (χ2n) is 6.99. The third-order valence-corrected chi connectivity index (χ3v) is 6.83. The second-order valence-corrected chi connectivity index (χ2v) is 8.93. The molecule has 1 fully saturated rings. The molecule has 1 heterocycles. The van der Waals surface area contributed by atoms with E-state index in [0.29, 0.717) is 25.2 Å². The lowest BCUT2D eigenvalue weighted by molar-refractivity contribution is 0.0935. The number of piperidine rings is 1. The highest BCUT2D eigenvalue weighted by molar-refractivity contribution is 7.89. The lowest BCUT2D eigenvalue weighted by atomic mass is 10.1. The number of nitrogens with one attached hydrogen (secondary N) is 1. The lowest BCUT2D eigenvalue weighted by Crippen LogP contribution is -2.40. The fourth-order valence-corrected chi connectivity index (χ4v) is 4.77. The van der Waals surface area contributed by atoms with E-state index in [-0.39, 0.29) is 16.8 Å². The van der Waals surface area contributed by atoms with Gasteiger partial charge < -0.3 is 11.1 Å². The summed E-state index contributed by atoms with van der Waals surface area (Å²) in [5.74, 6) is -0.259. The number of carbonyl (C=O) groups excluding carboxylic acids is 1. The van der Waals surface area contributed by atoms with Gasteiger partial charge in [-0.2, -0.15) is 4.31 Å². The van der Waals surface area contributed by atoms with Gasteiger partial charge in [0.05, 0.1) is 4.90 Å². The van der Waals surface area contributed by atoms with E-state index in [0.717, 1.165) is 44.1 Å². The molecule has 1 aliphatic heterocycles. The minimum atomic E-state index is -3.55. The Morgan fingerprint density at radius 3 is 2.58 bits per heavy atom. The van der Waals surface area contributed by atoms with Crippen LogP contribution in [-0.2, 0) is 10.0 Å². The first-order chi connectivity index (χ1) is 12.4. The molecule has 7 heteroatoms. The summed E-state index contributed by atoms with van der Waals surface area (Å²) >= 11 is 0. The Labute approximate surface area is 157 Å². The number of amides is 1. The molecule has 1 atom stereocenters. The lowest BCUT2D eigenvalue weighted by Gasteiger charge is -2.26. The molecule has 0 aliphatic carbocycles. The van der Waals surface area contributed by atoms with Gasteiger partial charge in [-0.1, -0.05) is 32.3 Å². The Balaban J connectivity index is 2.21. The molecule has 0 bridgehead atoms. The van der Waals surface area contributed by atoms with Crippen molar-refractivity contribution in [1.82, 2.24) is 9.62 Å². The smallest absolute Gasteiger partial charge is 0.251 e. The van der Waals surface area contributed by atoms with E-state index in [4.69, 9.17) is 5.73 Å². The maximum absolute atomic E-state index is 12.9. The minimum Gasteiger partial charge on any atom is -0.348 e. The highest BCUT2D eigenvalue weighted by Crippen LogP contribution is 2.23. The van der Waals surface area contributed by atoms with Crippen LogP contribution >= 0.6 is 0 Å². The first-order valence-electron chi connectivity index (χ1n) is 9.52. The minimum absolute atomic E-state index is 0.0933. The SMILES string of the molecule is CCCCC(CN)NC(=O)c1cc(S(=O)(=O)N2CCCCC2)ccc1C. The summed E-state index contributed by atoms with van der Waals surface area (Å²) in [7, 11) is -3.55. The summed E-state index contributed by atoms with van der Waals surface area (Å²) in [6.45, 7) is 5.37. The van der Waals surface area contributed by atoms with Gasteiger partial charge in [-0.05, 0) is 43.9 Å². The molecule has 6 nitrogen and oxygen atoms in total. The number of hydrogen-bond donors (Lipinski definition) is 2. The predicted molar refractivity (Wildman–Crippen MR) is 104 cm³/mol. The monoisotopic (exact) mass is 381 g/mol. The number of rotatable bonds is 8. The molecule has 1 saturated heterocycles. The maximum Gasteiger partial charge on any atom is 0.251 e. The van der Waals surface area contributed by atoms with Crippen molar-refractivity contribution < 1.29 is 13.2 Å². The predicted octanol–water partition coefficient (Wildman–Crippen LogP) is 2.42. The van der Waals surface area contributed by atoms with Crippen molar-refractivity contribution in [2.24, 2.45) is 5.73 Å². The molecular formula is C19H31N3O3S. The second kappa shape index (κ2) is 9.48. The van der Waals surface area contributed by atoms with E-state index >= 15 is 0 Å². The van der Waals surface area contributed by atoms with E-state index < -0.39 is 10.0 Å². The third-order valence-electron chi connectivity index (χ3n) is 4.93. The van der Waals surface area contributed by atoms with Gasteiger partial charge >= 0.3 is 0 Å². The Bertz CT molecular complexity index is 713. The molecule has 0 spiro atoms. The van der Waals surface area contributed by atoms with E-state index in [1.165, 1.54) is 10.4 Å². The standard InChI is InChI=1S/C19H31N3O3S/c1-3-4-8-16(14-20)21-19(23)18-13-17(10-9-15(18)2)26(24,25)22-11-6-5-7-12-22/h9-10,13,16H,3-8,11-12,14,20H2,1-2H3,(H,21,23). The summed E-state index contributed by atoms with van der Waals surface area (Å²) in [6, 6.07) is 4.70. The zero-order chi connectivity index (χ0) is 19.2. The van der Waals surface area contributed by atoms with Crippen molar-refractivity contribution >= 4 is 15.9 Å². The van der Waals surface area contributed by atoms with E-state index in [2.05, 4.69) is 12.2 Å². The van der Waals surface area contributed by atoms with Gasteiger partial charge in [-0.25, -0.2) is 8.42 Å². The molecular weight excluding hydrogens is 350 g/mol. The van der Waals surface area contributed by atoms with Crippen molar-refractivity contribution in [3.63, 3.8) is 0 Å². The van der Waals surface area contributed by atoms with Crippen LogP contribution in [0.1, 0.15) is 61.4 Å². The number of hydrogen-bond acceptors (Lipinski definition) is 4.